The Morgan fingerprint density at radius 2 is 2.17 bits per heavy atom. The molecule has 1 amide bonds. The van der Waals surface area contributed by atoms with E-state index in [1.54, 1.807) is 10.9 Å². The highest BCUT2D eigenvalue weighted by Gasteiger charge is 2.31. The zero-order valence-corrected chi connectivity index (χ0v) is 17.2. The number of hydrogen-bond donors (Lipinski definition) is 1. The highest BCUT2D eigenvalue weighted by Crippen LogP contribution is 2.27. The number of aryl methyl sites for hydroxylation is 1. The number of nitrogens with one attached hydrogen (secondary N) is 1. The van der Waals surface area contributed by atoms with Gasteiger partial charge >= 0.3 is 0 Å². The van der Waals surface area contributed by atoms with E-state index in [0.717, 1.165) is 41.4 Å². The second-order valence-electron chi connectivity index (χ2n) is 7.83. The van der Waals surface area contributed by atoms with Crippen LogP contribution in [0.1, 0.15) is 39.5 Å². The van der Waals surface area contributed by atoms with Crippen molar-refractivity contribution in [3.8, 4) is 11.3 Å². The molecule has 1 aliphatic heterocycles. The summed E-state index contributed by atoms with van der Waals surface area (Å²) in [6.45, 7) is 4.77. The number of hydrogen-bond acceptors (Lipinski definition) is 6. The van der Waals surface area contributed by atoms with Crippen molar-refractivity contribution in [2.45, 2.75) is 51.6 Å². The summed E-state index contributed by atoms with van der Waals surface area (Å²) in [5, 5.41) is 11.9. The molecule has 0 spiro atoms. The molecule has 3 aromatic rings. The fourth-order valence-corrected chi connectivity index (χ4v) is 4.11. The summed E-state index contributed by atoms with van der Waals surface area (Å²) in [6.07, 6.45) is 8.17. The molecule has 2 unspecified atom stereocenters. The lowest BCUT2D eigenvalue weighted by molar-refractivity contribution is -0.118. The minimum atomic E-state index is -0.0655. The molecule has 0 saturated carbocycles. The Balaban J connectivity index is 1.49. The third-order valence-electron chi connectivity index (χ3n) is 5.63. The van der Waals surface area contributed by atoms with Crippen molar-refractivity contribution in [1.82, 2.24) is 29.9 Å². The van der Waals surface area contributed by atoms with E-state index in [2.05, 4.69) is 44.3 Å². The monoisotopic (exact) mass is 393 g/mol. The number of aromatic nitrogens is 5. The Labute approximate surface area is 170 Å². The number of likely N-dealkylation sites (tertiary alicyclic amines) is 1. The van der Waals surface area contributed by atoms with Crippen molar-refractivity contribution in [1.29, 1.82) is 0 Å². The Bertz CT molecular complexity index is 1010. The minimum Gasteiger partial charge on any atom is -0.293 e. The van der Waals surface area contributed by atoms with Crippen LogP contribution in [-0.4, -0.2) is 54.4 Å². The summed E-state index contributed by atoms with van der Waals surface area (Å²) in [4.78, 5) is 23.8. The second kappa shape index (κ2) is 8.24. The van der Waals surface area contributed by atoms with Gasteiger partial charge in [-0.2, -0.15) is 0 Å². The van der Waals surface area contributed by atoms with Crippen molar-refractivity contribution < 1.29 is 4.79 Å². The van der Waals surface area contributed by atoms with Gasteiger partial charge in [0.15, 0.2) is 0 Å². The van der Waals surface area contributed by atoms with Crippen LogP contribution >= 0.6 is 0 Å². The van der Waals surface area contributed by atoms with Gasteiger partial charge in [0, 0.05) is 36.3 Å². The summed E-state index contributed by atoms with van der Waals surface area (Å²) in [5.41, 5.74) is 2.47. The summed E-state index contributed by atoms with van der Waals surface area (Å²) in [6, 6.07) is 6.79. The lowest BCUT2D eigenvalue weighted by Crippen LogP contribution is -2.40. The molecule has 1 aliphatic rings. The van der Waals surface area contributed by atoms with Crippen LogP contribution in [-0.2, 0) is 11.8 Å². The zero-order valence-electron chi connectivity index (χ0n) is 17.2. The Morgan fingerprint density at radius 3 is 2.93 bits per heavy atom. The number of rotatable bonds is 6. The first-order chi connectivity index (χ1) is 14.0. The molecule has 1 aromatic carbocycles. The standard InChI is InChI=1S/C21H27N7O/c1-4-5-17-9-6-14(2)28(17)13-20(29)24-21-22-11-16-8-7-15(10-18(16)23-21)19-12-27(3)26-25-19/h7-8,10-12,14,17H,4-6,9,13H2,1-3H3,(H,22,23,24,29). The van der Waals surface area contributed by atoms with Gasteiger partial charge in [0.05, 0.1) is 18.3 Å². The first-order valence-corrected chi connectivity index (χ1v) is 10.2. The van der Waals surface area contributed by atoms with Crippen LogP contribution in [0.5, 0.6) is 0 Å². The van der Waals surface area contributed by atoms with Gasteiger partial charge in [-0.3, -0.25) is 19.7 Å². The molecular formula is C21H27N7O. The normalized spacial score (nSPS) is 19.7. The van der Waals surface area contributed by atoms with E-state index in [0.29, 0.717) is 24.6 Å². The van der Waals surface area contributed by atoms with E-state index in [-0.39, 0.29) is 5.91 Å². The fraction of sp³-hybridized carbons (Fsp3) is 0.476. The molecule has 8 heteroatoms. The molecule has 2 aromatic heterocycles. The molecule has 3 heterocycles. The van der Waals surface area contributed by atoms with Crippen molar-refractivity contribution >= 4 is 22.8 Å². The van der Waals surface area contributed by atoms with Gasteiger partial charge < -0.3 is 0 Å². The molecule has 29 heavy (non-hydrogen) atoms. The highest BCUT2D eigenvalue weighted by atomic mass is 16.2. The maximum atomic E-state index is 12.6. The minimum absolute atomic E-state index is 0.0655. The number of amides is 1. The van der Waals surface area contributed by atoms with E-state index in [1.165, 1.54) is 6.42 Å². The molecule has 0 aliphatic carbocycles. The van der Waals surface area contributed by atoms with Crippen molar-refractivity contribution in [2.24, 2.45) is 7.05 Å². The van der Waals surface area contributed by atoms with E-state index < -0.39 is 0 Å². The topological polar surface area (TPSA) is 88.8 Å². The van der Waals surface area contributed by atoms with Gasteiger partial charge in [-0.05, 0) is 32.3 Å². The predicted octanol–water partition coefficient (Wildman–Crippen LogP) is 3.02. The van der Waals surface area contributed by atoms with Crippen LogP contribution in [0.2, 0.25) is 0 Å². The third-order valence-corrected chi connectivity index (χ3v) is 5.63. The quantitative estimate of drug-likeness (QED) is 0.692. The Morgan fingerprint density at radius 1 is 1.31 bits per heavy atom. The van der Waals surface area contributed by atoms with Crippen molar-refractivity contribution in [2.75, 3.05) is 11.9 Å². The van der Waals surface area contributed by atoms with Crippen molar-refractivity contribution in [3.63, 3.8) is 0 Å². The van der Waals surface area contributed by atoms with E-state index in [9.17, 15) is 4.79 Å². The van der Waals surface area contributed by atoms with E-state index in [4.69, 9.17) is 0 Å². The molecule has 2 atom stereocenters. The molecular weight excluding hydrogens is 366 g/mol. The van der Waals surface area contributed by atoms with Gasteiger partial charge in [0.1, 0.15) is 5.69 Å². The first-order valence-electron chi connectivity index (χ1n) is 10.2. The smallest absolute Gasteiger partial charge is 0.240 e. The number of fused-ring (bicyclic) bond motifs is 1. The first kappa shape index (κ1) is 19.4. The molecule has 0 radical (unpaired) electrons. The average molecular weight is 393 g/mol. The highest BCUT2D eigenvalue weighted by molar-refractivity contribution is 5.92. The average Bonchev–Trinajstić information content (AvgIpc) is 3.28. The summed E-state index contributed by atoms with van der Waals surface area (Å²) >= 11 is 0. The second-order valence-corrected chi connectivity index (χ2v) is 7.83. The van der Waals surface area contributed by atoms with Crippen LogP contribution < -0.4 is 5.32 Å². The summed E-state index contributed by atoms with van der Waals surface area (Å²) < 4.78 is 1.66. The van der Waals surface area contributed by atoms with Crippen LogP contribution in [0.3, 0.4) is 0 Å². The van der Waals surface area contributed by atoms with Crippen LogP contribution in [0.15, 0.2) is 30.6 Å². The van der Waals surface area contributed by atoms with Gasteiger partial charge in [0.25, 0.3) is 0 Å². The summed E-state index contributed by atoms with van der Waals surface area (Å²) in [7, 11) is 1.83. The molecule has 0 bridgehead atoms. The molecule has 8 nitrogen and oxygen atoms in total. The molecule has 4 rings (SSSR count). The number of carbonyl (C=O) groups excluding carboxylic acids is 1. The zero-order chi connectivity index (χ0) is 20.4. The van der Waals surface area contributed by atoms with E-state index >= 15 is 0 Å². The SMILES string of the molecule is CCCC1CCC(C)N1CC(=O)Nc1ncc2ccc(-c3cn(C)nn3)cc2n1. The number of benzene rings is 1. The number of anilines is 1. The van der Waals surface area contributed by atoms with Gasteiger partial charge in [0.2, 0.25) is 11.9 Å². The maximum absolute atomic E-state index is 12.6. The molecule has 1 fully saturated rings. The Hall–Kier alpha value is -2.87. The predicted molar refractivity (Wildman–Crippen MR) is 112 cm³/mol. The molecule has 1 saturated heterocycles. The third kappa shape index (κ3) is 4.27. The lowest BCUT2D eigenvalue weighted by Gasteiger charge is -2.27. The fourth-order valence-electron chi connectivity index (χ4n) is 4.11. The van der Waals surface area contributed by atoms with Crippen LogP contribution in [0.4, 0.5) is 5.95 Å². The number of nitrogens with zero attached hydrogens (tertiary/aromatic N) is 6. The van der Waals surface area contributed by atoms with E-state index in [1.807, 2.05) is 31.4 Å². The largest absolute Gasteiger partial charge is 0.293 e. The van der Waals surface area contributed by atoms with Gasteiger partial charge in [-0.25, -0.2) is 9.97 Å². The van der Waals surface area contributed by atoms with Gasteiger partial charge in [-0.1, -0.05) is 30.7 Å². The van der Waals surface area contributed by atoms with Crippen LogP contribution in [0.25, 0.3) is 22.2 Å². The molecule has 152 valence electrons. The van der Waals surface area contributed by atoms with Crippen molar-refractivity contribution in [3.05, 3.63) is 30.6 Å². The number of carbonyl (C=O) groups is 1. The summed E-state index contributed by atoms with van der Waals surface area (Å²) in [5.74, 6) is 0.266. The Kier molecular flexibility index (Phi) is 5.53. The maximum Gasteiger partial charge on any atom is 0.240 e. The lowest BCUT2D eigenvalue weighted by atomic mass is 10.1. The van der Waals surface area contributed by atoms with Crippen LogP contribution in [0, 0.1) is 0 Å². The molecule has 1 N–H and O–H groups in total. The van der Waals surface area contributed by atoms with Gasteiger partial charge in [-0.15, -0.1) is 5.10 Å².